The molecule has 0 fully saturated rings. The molecule has 0 bridgehead atoms. The van der Waals surface area contributed by atoms with E-state index in [2.05, 4.69) is 26.8 Å². The number of ether oxygens (including phenoxy) is 1. The van der Waals surface area contributed by atoms with Crippen LogP contribution in [0.4, 0.5) is 0 Å². The van der Waals surface area contributed by atoms with Gasteiger partial charge in [0, 0.05) is 18.6 Å². The monoisotopic (exact) mass is 251 g/mol. The fourth-order valence-corrected chi connectivity index (χ4v) is 2.50. The standard InChI is InChI=1S/C15H25NO2/c1-6-12(8-17)14(16)13-7-9(2)15(18-5)11(4)10(13)3/h7,12,14,17H,6,8,16H2,1-5H3. The first-order valence-electron chi connectivity index (χ1n) is 6.48. The Hall–Kier alpha value is -1.06. The van der Waals surface area contributed by atoms with Gasteiger partial charge in [-0.1, -0.05) is 13.0 Å². The summed E-state index contributed by atoms with van der Waals surface area (Å²) >= 11 is 0. The molecule has 2 atom stereocenters. The molecule has 3 N–H and O–H groups in total. The second-order valence-electron chi connectivity index (χ2n) is 4.94. The fourth-order valence-electron chi connectivity index (χ4n) is 2.50. The molecule has 0 heterocycles. The van der Waals surface area contributed by atoms with E-state index in [-0.39, 0.29) is 18.6 Å². The normalized spacial score (nSPS) is 14.4. The van der Waals surface area contributed by atoms with Crippen molar-refractivity contribution < 1.29 is 9.84 Å². The maximum atomic E-state index is 9.38. The molecule has 0 saturated carbocycles. The van der Waals surface area contributed by atoms with Crippen LogP contribution in [0.3, 0.4) is 0 Å². The van der Waals surface area contributed by atoms with Crippen molar-refractivity contribution in [2.75, 3.05) is 13.7 Å². The average molecular weight is 251 g/mol. The third-order valence-electron chi connectivity index (χ3n) is 3.90. The van der Waals surface area contributed by atoms with Gasteiger partial charge < -0.3 is 15.6 Å². The van der Waals surface area contributed by atoms with Gasteiger partial charge in [-0.15, -0.1) is 0 Å². The van der Waals surface area contributed by atoms with Crippen LogP contribution in [-0.2, 0) is 0 Å². The lowest BCUT2D eigenvalue weighted by Crippen LogP contribution is -2.25. The highest BCUT2D eigenvalue weighted by molar-refractivity contribution is 5.50. The molecular weight excluding hydrogens is 226 g/mol. The second-order valence-corrected chi connectivity index (χ2v) is 4.94. The number of aryl methyl sites for hydroxylation is 1. The summed E-state index contributed by atoms with van der Waals surface area (Å²) in [4.78, 5) is 0. The van der Waals surface area contributed by atoms with Crippen LogP contribution in [0, 0.1) is 26.7 Å². The maximum Gasteiger partial charge on any atom is 0.124 e. The number of hydrogen-bond acceptors (Lipinski definition) is 3. The number of methoxy groups -OCH3 is 1. The van der Waals surface area contributed by atoms with E-state index >= 15 is 0 Å². The minimum absolute atomic E-state index is 0.107. The van der Waals surface area contributed by atoms with Crippen molar-refractivity contribution in [3.8, 4) is 5.75 Å². The molecular formula is C15H25NO2. The molecule has 1 rings (SSSR count). The van der Waals surface area contributed by atoms with Gasteiger partial charge in [0.15, 0.2) is 0 Å². The van der Waals surface area contributed by atoms with E-state index in [0.717, 1.165) is 34.4 Å². The molecule has 18 heavy (non-hydrogen) atoms. The summed E-state index contributed by atoms with van der Waals surface area (Å²) in [6.45, 7) is 8.33. The summed E-state index contributed by atoms with van der Waals surface area (Å²) in [6, 6.07) is 1.97. The Morgan fingerprint density at radius 3 is 2.33 bits per heavy atom. The van der Waals surface area contributed by atoms with E-state index in [1.165, 1.54) is 0 Å². The van der Waals surface area contributed by atoms with Gasteiger partial charge in [-0.05, 0) is 49.4 Å². The molecule has 0 spiro atoms. The van der Waals surface area contributed by atoms with Crippen LogP contribution in [0.15, 0.2) is 6.07 Å². The summed E-state index contributed by atoms with van der Waals surface area (Å²) in [5, 5.41) is 9.38. The molecule has 0 aromatic heterocycles. The van der Waals surface area contributed by atoms with Crippen molar-refractivity contribution in [2.24, 2.45) is 11.7 Å². The van der Waals surface area contributed by atoms with Gasteiger partial charge in [0.1, 0.15) is 5.75 Å². The van der Waals surface area contributed by atoms with E-state index in [0.29, 0.717) is 0 Å². The number of rotatable bonds is 5. The minimum atomic E-state index is -0.122. The molecule has 0 amide bonds. The molecule has 3 heteroatoms. The lowest BCUT2D eigenvalue weighted by Gasteiger charge is -2.25. The number of aliphatic hydroxyl groups excluding tert-OH is 1. The first-order chi connectivity index (χ1) is 8.47. The van der Waals surface area contributed by atoms with E-state index in [1.54, 1.807) is 7.11 Å². The number of nitrogens with two attached hydrogens (primary N) is 1. The van der Waals surface area contributed by atoms with Gasteiger partial charge in [-0.3, -0.25) is 0 Å². The summed E-state index contributed by atoms with van der Waals surface area (Å²) in [5.74, 6) is 1.04. The van der Waals surface area contributed by atoms with Gasteiger partial charge in [-0.25, -0.2) is 0 Å². The third-order valence-corrected chi connectivity index (χ3v) is 3.90. The smallest absolute Gasteiger partial charge is 0.124 e. The van der Waals surface area contributed by atoms with Crippen LogP contribution < -0.4 is 10.5 Å². The van der Waals surface area contributed by atoms with Gasteiger partial charge in [-0.2, -0.15) is 0 Å². The zero-order valence-corrected chi connectivity index (χ0v) is 12.1. The Morgan fingerprint density at radius 1 is 1.28 bits per heavy atom. The first kappa shape index (κ1) is 15.0. The molecule has 0 saturated heterocycles. The van der Waals surface area contributed by atoms with E-state index in [9.17, 15) is 5.11 Å². The van der Waals surface area contributed by atoms with Gasteiger partial charge in [0.25, 0.3) is 0 Å². The van der Waals surface area contributed by atoms with E-state index in [4.69, 9.17) is 10.5 Å². The van der Waals surface area contributed by atoms with Crippen molar-refractivity contribution in [1.29, 1.82) is 0 Å². The number of aliphatic hydroxyl groups is 1. The molecule has 2 unspecified atom stereocenters. The highest BCUT2D eigenvalue weighted by Gasteiger charge is 2.21. The van der Waals surface area contributed by atoms with Crippen molar-refractivity contribution in [2.45, 2.75) is 40.2 Å². The molecule has 0 aliphatic heterocycles. The van der Waals surface area contributed by atoms with Crippen LogP contribution in [0.1, 0.15) is 41.6 Å². The number of benzene rings is 1. The lowest BCUT2D eigenvalue weighted by molar-refractivity contribution is 0.200. The first-order valence-corrected chi connectivity index (χ1v) is 6.48. The fraction of sp³-hybridized carbons (Fsp3) is 0.600. The van der Waals surface area contributed by atoms with Crippen LogP contribution in [0.2, 0.25) is 0 Å². The highest BCUT2D eigenvalue weighted by Crippen LogP contribution is 2.33. The quantitative estimate of drug-likeness (QED) is 0.846. The SMILES string of the molecule is CCC(CO)C(N)c1cc(C)c(OC)c(C)c1C. The predicted octanol–water partition coefficient (Wildman–Crippen LogP) is 2.64. The number of hydrogen-bond donors (Lipinski definition) is 2. The topological polar surface area (TPSA) is 55.5 Å². The van der Waals surface area contributed by atoms with Crippen molar-refractivity contribution in [3.63, 3.8) is 0 Å². The molecule has 0 radical (unpaired) electrons. The van der Waals surface area contributed by atoms with Crippen molar-refractivity contribution >= 4 is 0 Å². The Labute approximate surface area is 110 Å². The van der Waals surface area contributed by atoms with E-state index < -0.39 is 0 Å². The summed E-state index contributed by atoms with van der Waals surface area (Å²) < 4.78 is 5.41. The van der Waals surface area contributed by atoms with Crippen LogP contribution in [-0.4, -0.2) is 18.8 Å². The summed E-state index contributed by atoms with van der Waals surface area (Å²) in [7, 11) is 1.69. The Balaban J connectivity index is 3.26. The van der Waals surface area contributed by atoms with E-state index in [1.807, 2.05) is 6.92 Å². The second kappa shape index (κ2) is 6.21. The summed E-state index contributed by atoms with van der Waals surface area (Å²) in [6.07, 6.45) is 0.876. The molecule has 0 aliphatic rings. The Morgan fingerprint density at radius 2 is 1.89 bits per heavy atom. The van der Waals surface area contributed by atoms with Crippen LogP contribution >= 0.6 is 0 Å². The zero-order chi connectivity index (χ0) is 13.9. The largest absolute Gasteiger partial charge is 0.496 e. The summed E-state index contributed by atoms with van der Waals surface area (Å²) in [5.41, 5.74) is 10.8. The Bertz CT molecular complexity index is 411. The highest BCUT2D eigenvalue weighted by atomic mass is 16.5. The average Bonchev–Trinajstić information content (AvgIpc) is 2.35. The van der Waals surface area contributed by atoms with Gasteiger partial charge in [0.05, 0.1) is 7.11 Å². The molecule has 1 aromatic rings. The van der Waals surface area contributed by atoms with Crippen LogP contribution in [0.25, 0.3) is 0 Å². The van der Waals surface area contributed by atoms with Crippen molar-refractivity contribution in [1.82, 2.24) is 0 Å². The molecule has 1 aromatic carbocycles. The lowest BCUT2D eigenvalue weighted by atomic mass is 9.87. The molecule has 102 valence electrons. The molecule has 3 nitrogen and oxygen atoms in total. The van der Waals surface area contributed by atoms with Crippen molar-refractivity contribution in [3.05, 3.63) is 28.3 Å². The zero-order valence-electron chi connectivity index (χ0n) is 12.1. The van der Waals surface area contributed by atoms with Crippen LogP contribution in [0.5, 0.6) is 5.75 Å². The predicted molar refractivity (Wildman–Crippen MR) is 75.0 cm³/mol. The Kier molecular flexibility index (Phi) is 5.17. The minimum Gasteiger partial charge on any atom is -0.496 e. The van der Waals surface area contributed by atoms with Gasteiger partial charge in [0.2, 0.25) is 0 Å². The maximum absolute atomic E-state index is 9.38. The third kappa shape index (κ3) is 2.68. The molecule has 0 aliphatic carbocycles. The van der Waals surface area contributed by atoms with Gasteiger partial charge >= 0.3 is 0 Å².